The van der Waals surface area contributed by atoms with Crippen LogP contribution in [0.15, 0.2) is 44.5 Å². The number of furan rings is 1. The van der Waals surface area contributed by atoms with Gasteiger partial charge in [0.15, 0.2) is 9.34 Å². The van der Waals surface area contributed by atoms with Crippen LogP contribution in [0.3, 0.4) is 0 Å². The maximum atomic E-state index is 12.2. The van der Waals surface area contributed by atoms with Gasteiger partial charge in [-0.2, -0.15) is 0 Å². The maximum Gasteiger partial charge on any atom is 0.252 e. The van der Waals surface area contributed by atoms with E-state index in [1.165, 1.54) is 13.1 Å². The molecule has 7 nitrogen and oxygen atoms in total. The lowest BCUT2D eigenvalue weighted by molar-refractivity contribution is -0.114. The van der Waals surface area contributed by atoms with Gasteiger partial charge in [0.2, 0.25) is 5.91 Å². The second kappa shape index (κ2) is 6.85. The lowest BCUT2D eigenvalue weighted by Crippen LogP contribution is -2.22. The summed E-state index contributed by atoms with van der Waals surface area (Å²) in [5, 5.41) is 4.63. The van der Waals surface area contributed by atoms with Gasteiger partial charge in [-0.3, -0.25) is 4.79 Å². The van der Waals surface area contributed by atoms with E-state index in [1.807, 2.05) is 17.5 Å². The van der Waals surface area contributed by atoms with Gasteiger partial charge >= 0.3 is 0 Å². The first-order valence-electron chi connectivity index (χ1n) is 6.80. The van der Waals surface area contributed by atoms with Gasteiger partial charge in [-0.15, -0.1) is 11.3 Å². The van der Waals surface area contributed by atoms with Crippen molar-refractivity contribution in [2.75, 3.05) is 5.32 Å². The Hall–Kier alpha value is -2.01. The number of aromatic nitrogens is 1. The molecule has 0 aliphatic rings. The highest BCUT2D eigenvalue weighted by molar-refractivity contribution is 7.91. The van der Waals surface area contributed by atoms with Gasteiger partial charge in [0.05, 0.1) is 17.6 Å². The minimum absolute atomic E-state index is 0.0243. The molecule has 0 fully saturated rings. The molecule has 0 aliphatic carbocycles. The van der Waals surface area contributed by atoms with Crippen molar-refractivity contribution in [1.82, 2.24) is 9.71 Å². The number of hydrogen-bond acceptors (Lipinski definition) is 7. The zero-order chi connectivity index (χ0) is 17.2. The molecule has 0 saturated carbocycles. The molecular formula is C14H13N3O4S3. The third-order valence-corrected chi connectivity index (χ3v) is 6.55. The predicted molar refractivity (Wildman–Crippen MR) is 92.5 cm³/mol. The predicted octanol–water partition coefficient (Wildman–Crippen LogP) is 2.90. The Morgan fingerprint density at radius 3 is 2.88 bits per heavy atom. The normalized spacial score (nSPS) is 11.5. The molecule has 126 valence electrons. The fraction of sp³-hybridized carbons (Fsp3) is 0.143. The summed E-state index contributed by atoms with van der Waals surface area (Å²) in [6, 6.07) is 7.38. The Kier molecular flexibility index (Phi) is 4.81. The van der Waals surface area contributed by atoms with Crippen LogP contribution in [0.4, 0.5) is 5.13 Å². The van der Waals surface area contributed by atoms with Crippen molar-refractivity contribution < 1.29 is 17.6 Å². The number of amides is 1. The molecule has 0 aromatic carbocycles. The fourth-order valence-corrected chi connectivity index (χ4v) is 4.65. The van der Waals surface area contributed by atoms with Gasteiger partial charge in [0.25, 0.3) is 10.0 Å². The summed E-state index contributed by atoms with van der Waals surface area (Å²) >= 11 is 2.43. The Bertz CT molecular complexity index is 942. The van der Waals surface area contributed by atoms with E-state index in [9.17, 15) is 13.2 Å². The first-order valence-corrected chi connectivity index (χ1v) is 9.97. The lowest BCUT2D eigenvalue weighted by atomic mass is 10.3. The first kappa shape index (κ1) is 16.8. The molecule has 0 unspecified atom stereocenters. The quantitative estimate of drug-likeness (QED) is 0.681. The molecule has 0 atom stereocenters. The number of sulfonamides is 1. The zero-order valence-electron chi connectivity index (χ0n) is 12.5. The number of nitrogens with zero attached hydrogens (tertiary/aromatic N) is 1. The van der Waals surface area contributed by atoms with E-state index in [2.05, 4.69) is 15.0 Å². The summed E-state index contributed by atoms with van der Waals surface area (Å²) in [6.07, 6.45) is 1.21. The molecule has 3 aromatic rings. The summed E-state index contributed by atoms with van der Waals surface area (Å²) in [7, 11) is -3.72. The van der Waals surface area contributed by atoms with Gasteiger partial charge in [-0.05, 0) is 23.6 Å². The van der Waals surface area contributed by atoms with Crippen molar-refractivity contribution in [1.29, 1.82) is 0 Å². The molecule has 1 amide bonds. The smallest absolute Gasteiger partial charge is 0.252 e. The Labute approximate surface area is 146 Å². The average molecular weight is 383 g/mol. The number of thiazole rings is 1. The maximum absolute atomic E-state index is 12.2. The number of nitrogens with one attached hydrogen (secondary N) is 2. The van der Waals surface area contributed by atoms with Crippen LogP contribution in [0.5, 0.6) is 0 Å². The summed E-state index contributed by atoms with van der Waals surface area (Å²) in [4.78, 5) is 15.8. The monoisotopic (exact) mass is 383 g/mol. The fourth-order valence-electron chi connectivity index (χ4n) is 1.85. The van der Waals surface area contributed by atoms with Crippen LogP contribution in [0.2, 0.25) is 0 Å². The average Bonchev–Trinajstić information content (AvgIpc) is 3.25. The van der Waals surface area contributed by atoms with E-state index in [0.29, 0.717) is 11.5 Å². The van der Waals surface area contributed by atoms with Crippen LogP contribution >= 0.6 is 22.7 Å². The topological polar surface area (TPSA) is 101 Å². The van der Waals surface area contributed by atoms with Gasteiger partial charge < -0.3 is 9.73 Å². The van der Waals surface area contributed by atoms with E-state index in [4.69, 9.17) is 4.42 Å². The number of carbonyl (C=O) groups excluding carboxylic acids is 1. The third kappa shape index (κ3) is 3.90. The van der Waals surface area contributed by atoms with Gasteiger partial charge in [0, 0.05) is 6.92 Å². The molecular weight excluding hydrogens is 370 g/mol. The molecule has 0 spiro atoms. The number of rotatable bonds is 6. The Morgan fingerprint density at radius 1 is 1.33 bits per heavy atom. The molecule has 0 aliphatic heterocycles. The molecule has 2 N–H and O–H groups in total. The minimum atomic E-state index is -3.72. The van der Waals surface area contributed by atoms with Crippen LogP contribution < -0.4 is 10.0 Å². The Balaban J connectivity index is 1.67. The largest absolute Gasteiger partial charge is 0.459 e. The third-order valence-electron chi connectivity index (χ3n) is 2.89. The summed E-state index contributed by atoms with van der Waals surface area (Å²) in [5.74, 6) is 0.899. The lowest BCUT2D eigenvalue weighted by Gasteiger charge is -2.02. The molecule has 24 heavy (non-hydrogen) atoms. The van der Waals surface area contributed by atoms with E-state index in [1.54, 1.807) is 23.5 Å². The van der Waals surface area contributed by atoms with Crippen molar-refractivity contribution >= 4 is 43.7 Å². The molecule has 10 heteroatoms. The number of carbonyl (C=O) groups is 1. The van der Waals surface area contributed by atoms with Crippen molar-refractivity contribution in [3.8, 4) is 10.6 Å². The zero-order valence-corrected chi connectivity index (χ0v) is 14.9. The highest BCUT2D eigenvalue weighted by Crippen LogP contribution is 2.27. The second-order valence-electron chi connectivity index (χ2n) is 4.73. The van der Waals surface area contributed by atoms with E-state index in [-0.39, 0.29) is 21.8 Å². The Morgan fingerprint density at radius 2 is 2.17 bits per heavy atom. The van der Waals surface area contributed by atoms with Crippen LogP contribution in [0.1, 0.15) is 12.7 Å². The van der Waals surface area contributed by atoms with Crippen LogP contribution in [-0.4, -0.2) is 19.3 Å². The van der Waals surface area contributed by atoms with Crippen LogP contribution in [0, 0.1) is 0 Å². The van der Waals surface area contributed by atoms with Crippen molar-refractivity contribution in [2.24, 2.45) is 0 Å². The molecule has 3 aromatic heterocycles. The first-order chi connectivity index (χ1) is 11.4. The molecule has 3 heterocycles. The molecule has 0 bridgehead atoms. The van der Waals surface area contributed by atoms with Gasteiger partial charge in [-0.25, -0.2) is 18.1 Å². The van der Waals surface area contributed by atoms with Gasteiger partial charge in [-0.1, -0.05) is 17.4 Å². The summed E-state index contributed by atoms with van der Waals surface area (Å²) in [5.41, 5.74) is 0. The minimum Gasteiger partial charge on any atom is -0.459 e. The highest BCUT2D eigenvalue weighted by atomic mass is 32.2. The molecule has 3 rings (SSSR count). The number of thiophene rings is 1. The second-order valence-corrected chi connectivity index (χ2v) is 8.71. The van der Waals surface area contributed by atoms with Crippen molar-refractivity contribution in [2.45, 2.75) is 17.7 Å². The van der Waals surface area contributed by atoms with Crippen LogP contribution in [0.25, 0.3) is 10.6 Å². The molecule has 0 saturated heterocycles. The standard InChI is InChI=1S/C14H13N3O4S3/c1-9(18)17-14-15-8-13(23-14)24(19,20)16-7-10-4-5-11(21-10)12-3-2-6-22-12/h2-6,8,16H,7H2,1H3,(H,15,17,18). The number of anilines is 1. The number of hydrogen-bond donors (Lipinski definition) is 2. The highest BCUT2D eigenvalue weighted by Gasteiger charge is 2.19. The van der Waals surface area contributed by atoms with E-state index < -0.39 is 10.0 Å². The van der Waals surface area contributed by atoms with Gasteiger partial charge in [0.1, 0.15) is 11.5 Å². The van der Waals surface area contributed by atoms with Crippen molar-refractivity contribution in [3.05, 3.63) is 41.6 Å². The summed E-state index contributed by atoms with van der Waals surface area (Å²) in [6.45, 7) is 1.36. The van der Waals surface area contributed by atoms with E-state index >= 15 is 0 Å². The van der Waals surface area contributed by atoms with E-state index in [0.717, 1.165) is 16.2 Å². The summed E-state index contributed by atoms with van der Waals surface area (Å²) < 4.78 is 32.6. The molecule has 0 radical (unpaired) electrons. The van der Waals surface area contributed by atoms with Crippen molar-refractivity contribution in [3.63, 3.8) is 0 Å². The van der Waals surface area contributed by atoms with Crippen LogP contribution in [-0.2, 0) is 21.4 Å². The SMILES string of the molecule is CC(=O)Nc1ncc(S(=O)(=O)NCc2ccc(-c3cccs3)o2)s1.